The average Bonchev–Trinajstić information content (AvgIpc) is 2.57. The second-order valence-corrected chi connectivity index (χ2v) is 7.00. The number of hydrogen-bond acceptors (Lipinski definition) is 5. The molecule has 0 unspecified atom stereocenters. The lowest BCUT2D eigenvalue weighted by Crippen LogP contribution is -2.30. The summed E-state index contributed by atoms with van der Waals surface area (Å²) in [6, 6.07) is 7.15. The Balaban J connectivity index is 1.98. The van der Waals surface area contributed by atoms with Crippen LogP contribution in [0, 0.1) is 6.92 Å². The quantitative estimate of drug-likeness (QED) is 0.446. The summed E-state index contributed by atoms with van der Waals surface area (Å²) in [5.74, 6) is 1.45. The predicted octanol–water partition coefficient (Wildman–Crippen LogP) is 4.09. The lowest BCUT2D eigenvalue weighted by Gasteiger charge is -2.14. The number of amides is 1. The van der Waals surface area contributed by atoms with Crippen LogP contribution in [0.25, 0.3) is 0 Å². The van der Waals surface area contributed by atoms with Gasteiger partial charge in [-0.2, -0.15) is 0 Å². The van der Waals surface area contributed by atoms with Crippen molar-refractivity contribution in [3.05, 3.63) is 46.4 Å². The van der Waals surface area contributed by atoms with Crippen molar-refractivity contribution in [2.24, 2.45) is 0 Å². The number of hydrogen-bond donors (Lipinski definition) is 1. The summed E-state index contributed by atoms with van der Waals surface area (Å²) in [6.45, 7) is 6.64. The maximum absolute atomic E-state index is 12.5. The Kier molecular flexibility index (Phi) is 7.08. The Hall–Kier alpha value is -1.79. The van der Waals surface area contributed by atoms with E-state index in [2.05, 4.69) is 15.3 Å². The summed E-state index contributed by atoms with van der Waals surface area (Å²) >= 11 is 7.36. The molecular formula is C18H22ClN3O2S. The summed E-state index contributed by atoms with van der Waals surface area (Å²) in [6.07, 6.45) is 1.91. The molecule has 0 aliphatic heterocycles. The number of aryl methyl sites for hydroxylation is 1. The molecule has 0 bridgehead atoms. The molecular weight excluding hydrogens is 358 g/mol. The second kappa shape index (κ2) is 9.06. The van der Waals surface area contributed by atoms with Crippen LogP contribution < -0.4 is 10.1 Å². The number of benzene rings is 1. The van der Waals surface area contributed by atoms with E-state index in [-0.39, 0.29) is 11.8 Å². The van der Waals surface area contributed by atoms with E-state index in [9.17, 15) is 4.79 Å². The monoisotopic (exact) mass is 379 g/mol. The van der Waals surface area contributed by atoms with Crippen molar-refractivity contribution < 1.29 is 9.53 Å². The minimum atomic E-state index is -0.188. The molecule has 0 aliphatic carbocycles. The third-order valence-corrected chi connectivity index (χ3v) is 4.38. The normalized spacial score (nSPS) is 10.8. The van der Waals surface area contributed by atoms with Gasteiger partial charge in [-0.05, 0) is 31.4 Å². The zero-order valence-corrected chi connectivity index (χ0v) is 16.4. The van der Waals surface area contributed by atoms with Crippen LogP contribution in [0.4, 0.5) is 0 Å². The van der Waals surface area contributed by atoms with E-state index in [1.54, 1.807) is 12.1 Å². The number of carbonyl (C=O) groups is 1. The van der Waals surface area contributed by atoms with Gasteiger partial charge in [0.1, 0.15) is 23.2 Å². The maximum atomic E-state index is 12.5. The van der Waals surface area contributed by atoms with Crippen LogP contribution in [0.2, 0.25) is 5.02 Å². The molecule has 2 rings (SSSR count). The number of nitrogens with one attached hydrogen (secondary N) is 1. The number of nitrogens with zero attached hydrogens (tertiary/aromatic N) is 2. The molecule has 1 N–H and O–H groups in total. The molecule has 0 aliphatic rings. The topological polar surface area (TPSA) is 64.1 Å². The van der Waals surface area contributed by atoms with Crippen LogP contribution in [-0.2, 0) is 0 Å². The Morgan fingerprint density at radius 3 is 2.76 bits per heavy atom. The first-order valence-corrected chi connectivity index (χ1v) is 9.61. The van der Waals surface area contributed by atoms with Crippen molar-refractivity contribution in [3.63, 3.8) is 0 Å². The Bertz CT molecular complexity index is 753. The van der Waals surface area contributed by atoms with Crippen LogP contribution in [0.15, 0.2) is 29.3 Å². The van der Waals surface area contributed by atoms with Gasteiger partial charge in [0.15, 0.2) is 0 Å². The number of halogens is 1. The molecule has 1 amide bonds. The van der Waals surface area contributed by atoms with Crippen molar-refractivity contribution in [1.82, 2.24) is 15.3 Å². The van der Waals surface area contributed by atoms with E-state index < -0.39 is 0 Å². The first kappa shape index (κ1) is 19.5. The van der Waals surface area contributed by atoms with Crippen LogP contribution in [0.5, 0.6) is 5.75 Å². The first-order chi connectivity index (χ1) is 11.9. The van der Waals surface area contributed by atoms with Gasteiger partial charge in [0.25, 0.3) is 5.91 Å². The van der Waals surface area contributed by atoms with Crippen molar-refractivity contribution in [3.8, 4) is 5.75 Å². The van der Waals surface area contributed by atoms with Gasteiger partial charge in [-0.1, -0.05) is 31.5 Å². The molecule has 1 heterocycles. The van der Waals surface area contributed by atoms with E-state index in [0.717, 1.165) is 5.82 Å². The van der Waals surface area contributed by atoms with Gasteiger partial charge in [0.05, 0.1) is 17.8 Å². The lowest BCUT2D eigenvalue weighted by molar-refractivity contribution is 0.0942. The Morgan fingerprint density at radius 2 is 2.12 bits per heavy atom. The fraction of sp³-hybridized carbons (Fsp3) is 0.389. The van der Waals surface area contributed by atoms with Gasteiger partial charge in [-0.15, -0.1) is 11.8 Å². The molecule has 2 aromatic rings. The number of ether oxygens (including phenoxy) is 1. The molecule has 1 aromatic carbocycles. The molecule has 0 saturated carbocycles. The van der Waals surface area contributed by atoms with Gasteiger partial charge in [-0.3, -0.25) is 4.79 Å². The van der Waals surface area contributed by atoms with Gasteiger partial charge < -0.3 is 10.1 Å². The Morgan fingerprint density at radius 1 is 1.36 bits per heavy atom. The highest BCUT2D eigenvalue weighted by Crippen LogP contribution is 2.23. The van der Waals surface area contributed by atoms with E-state index >= 15 is 0 Å². The molecule has 5 nitrogen and oxygen atoms in total. The predicted molar refractivity (Wildman–Crippen MR) is 102 cm³/mol. The number of aromatic nitrogens is 2. The molecule has 25 heavy (non-hydrogen) atoms. The summed E-state index contributed by atoms with van der Waals surface area (Å²) in [5.41, 5.74) is 1.22. The molecule has 7 heteroatoms. The number of thioether (sulfide) groups is 1. The fourth-order valence-electron chi connectivity index (χ4n) is 2.21. The Labute approximate surface area is 157 Å². The third kappa shape index (κ3) is 5.34. The standard InChI is InChI=1S/C18H22ClN3O2S/c1-11(2)16-21-12(3)15(18(22-16)25-4)17(23)20-8-9-24-14-7-5-6-13(19)10-14/h5-7,10-11H,8-9H2,1-4H3,(H,20,23). The SMILES string of the molecule is CSc1nc(C(C)C)nc(C)c1C(=O)NCCOc1cccc(Cl)c1. The molecule has 0 atom stereocenters. The van der Waals surface area contributed by atoms with Crippen LogP contribution in [0.3, 0.4) is 0 Å². The molecule has 0 fully saturated rings. The fourth-order valence-corrected chi connectivity index (χ4v) is 3.02. The summed E-state index contributed by atoms with van der Waals surface area (Å²) in [4.78, 5) is 21.5. The molecule has 0 radical (unpaired) electrons. The van der Waals surface area contributed by atoms with E-state index in [1.165, 1.54) is 11.8 Å². The summed E-state index contributed by atoms with van der Waals surface area (Å²) in [5, 5.41) is 4.17. The van der Waals surface area contributed by atoms with Gasteiger partial charge in [-0.25, -0.2) is 9.97 Å². The highest BCUT2D eigenvalue weighted by atomic mass is 35.5. The van der Waals surface area contributed by atoms with Gasteiger partial charge >= 0.3 is 0 Å². The third-order valence-electron chi connectivity index (χ3n) is 3.46. The minimum Gasteiger partial charge on any atom is -0.492 e. The van der Waals surface area contributed by atoms with Crippen molar-refractivity contribution in [1.29, 1.82) is 0 Å². The van der Waals surface area contributed by atoms with Gasteiger partial charge in [0, 0.05) is 10.9 Å². The van der Waals surface area contributed by atoms with E-state index in [4.69, 9.17) is 16.3 Å². The molecule has 0 saturated heterocycles. The highest BCUT2D eigenvalue weighted by Gasteiger charge is 2.19. The van der Waals surface area contributed by atoms with Crippen molar-refractivity contribution in [2.45, 2.75) is 31.7 Å². The van der Waals surface area contributed by atoms with Crippen molar-refractivity contribution >= 4 is 29.3 Å². The van der Waals surface area contributed by atoms with E-state index in [0.29, 0.717) is 40.2 Å². The van der Waals surface area contributed by atoms with Crippen LogP contribution in [-0.4, -0.2) is 35.3 Å². The average molecular weight is 380 g/mol. The lowest BCUT2D eigenvalue weighted by atomic mass is 10.1. The summed E-state index contributed by atoms with van der Waals surface area (Å²) in [7, 11) is 0. The van der Waals surface area contributed by atoms with Crippen LogP contribution >= 0.6 is 23.4 Å². The minimum absolute atomic E-state index is 0.188. The zero-order valence-electron chi connectivity index (χ0n) is 14.8. The largest absolute Gasteiger partial charge is 0.492 e. The zero-order chi connectivity index (χ0) is 18.4. The smallest absolute Gasteiger partial charge is 0.256 e. The van der Waals surface area contributed by atoms with Crippen molar-refractivity contribution in [2.75, 3.05) is 19.4 Å². The highest BCUT2D eigenvalue weighted by molar-refractivity contribution is 7.98. The molecule has 0 spiro atoms. The number of rotatable bonds is 7. The van der Waals surface area contributed by atoms with Crippen LogP contribution in [0.1, 0.15) is 41.6 Å². The van der Waals surface area contributed by atoms with E-state index in [1.807, 2.05) is 39.2 Å². The molecule has 134 valence electrons. The second-order valence-electron chi connectivity index (χ2n) is 5.77. The first-order valence-electron chi connectivity index (χ1n) is 8.01. The number of carbonyl (C=O) groups excluding carboxylic acids is 1. The molecule has 1 aromatic heterocycles. The summed E-state index contributed by atoms with van der Waals surface area (Å²) < 4.78 is 5.57. The van der Waals surface area contributed by atoms with Gasteiger partial charge in [0.2, 0.25) is 0 Å². The maximum Gasteiger partial charge on any atom is 0.256 e.